The van der Waals surface area contributed by atoms with Crippen molar-refractivity contribution in [3.8, 4) is 22.8 Å². The van der Waals surface area contributed by atoms with Gasteiger partial charge in [0.25, 0.3) is 0 Å². The van der Waals surface area contributed by atoms with E-state index in [1.165, 1.54) is 0 Å². The maximum atomic E-state index is 15.2. The number of ketones is 1. The van der Waals surface area contributed by atoms with Crippen LogP contribution in [0.25, 0.3) is 22.2 Å². The second-order valence-electron chi connectivity index (χ2n) is 20.0. The van der Waals surface area contributed by atoms with Gasteiger partial charge in [0.1, 0.15) is 17.6 Å². The Labute approximate surface area is 364 Å². The zero-order valence-electron chi connectivity index (χ0n) is 36.3. The van der Waals surface area contributed by atoms with Gasteiger partial charge in [0.15, 0.2) is 5.78 Å². The van der Waals surface area contributed by atoms with Gasteiger partial charge in [-0.3, -0.25) is 23.9 Å². The summed E-state index contributed by atoms with van der Waals surface area (Å²) in [5.41, 5.74) is 0.00882. The summed E-state index contributed by atoms with van der Waals surface area (Å²) in [5, 5.41) is 0.108. The van der Waals surface area contributed by atoms with Crippen molar-refractivity contribution in [3.05, 3.63) is 67.3 Å². The SMILES string of the molecule is C=C[C@@H]1C[C@]1(CC(=O)[C@@H]1C[C@@H](Oc2cc(-c3ccccc3)nc3cc(OC)ccc23)CN1C(=O)[C@@H](CC(=O)N1CC2C3CCC(C)(O3)C2C1)C(C)(C)C)C(=O)NS(=O)(=O)C1CC1. The number of allylic oxidation sites excluding steroid dienone is 1. The van der Waals surface area contributed by atoms with Gasteiger partial charge in [0, 0.05) is 67.3 Å². The summed E-state index contributed by atoms with van der Waals surface area (Å²) in [7, 11) is -2.28. The Morgan fingerprint density at radius 1 is 1.05 bits per heavy atom. The van der Waals surface area contributed by atoms with Crippen LogP contribution in [0.5, 0.6) is 11.5 Å². The predicted molar refractivity (Wildman–Crippen MR) is 232 cm³/mol. The van der Waals surface area contributed by atoms with Gasteiger partial charge in [0.05, 0.1) is 59.2 Å². The minimum atomic E-state index is -3.87. The average Bonchev–Trinajstić information content (AvgIpc) is 4.03. The van der Waals surface area contributed by atoms with E-state index < -0.39 is 56.0 Å². The second-order valence-corrected chi connectivity index (χ2v) is 21.9. The summed E-state index contributed by atoms with van der Waals surface area (Å²) in [6.07, 6.45) is 4.17. The summed E-state index contributed by atoms with van der Waals surface area (Å²) in [6, 6.07) is 16.1. The fraction of sp³-hybridized carbons (Fsp3) is 0.562. The molecule has 3 amide bonds. The van der Waals surface area contributed by atoms with Crippen LogP contribution in [-0.2, 0) is 33.9 Å². The maximum Gasteiger partial charge on any atom is 0.240 e. The van der Waals surface area contributed by atoms with Crippen molar-refractivity contribution in [2.75, 3.05) is 26.7 Å². The van der Waals surface area contributed by atoms with Crippen molar-refractivity contribution in [2.45, 2.75) is 108 Å². The lowest BCUT2D eigenvalue weighted by molar-refractivity contribution is -0.148. The van der Waals surface area contributed by atoms with Crippen LogP contribution in [0, 0.1) is 34.5 Å². The molecule has 5 heterocycles. The molecule has 4 unspecified atom stereocenters. The number of nitrogens with one attached hydrogen (secondary N) is 1. The third-order valence-corrected chi connectivity index (χ3v) is 16.7. The highest BCUT2D eigenvalue weighted by atomic mass is 32.2. The number of fused-ring (bicyclic) bond motifs is 6. The maximum absolute atomic E-state index is 15.2. The average molecular weight is 867 g/mol. The van der Waals surface area contributed by atoms with Crippen molar-refractivity contribution in [2.24, 2.45) is 34.5 Å². The molecule has 62 heavy (non-hydrogen) atoms. The smallest absolute Gasteiger partial charge is 0.240 e. The molecule has 3 aromatic rings. The molecule has 4 saturated heterocycles. The summed E-state index contributed by atoms with van der Waals surface area (Å²) >= 11 is 0. The van der Waals surface area contributed by atoms with Crippen molar-refractivity contribution < 1.29 is 41.8 Å². The number of amides is 3. The van der Waals surface area contributed by atoms with E-state index in [1.807, 2.05) is 80.3 Å². The number of sulfonamides is 1. The number of Topliss-reactive ketones (excluding diaryl/α,β-unsaturated/α-hetero) is 1. The summed E-state index contributed by atoms with van der Waals surface area (Å²) < 4.78 is 46.8. The monoisotopic (exact) mass is 866 g/mol. The molecule has 13 nitrogen and oxygen atoms in total. The van der Waals surface area contributed by atoms with Crippen LogP contribution in [0.1, 0.15) is 79.1 Å². The molecule has 2 bridgehead atoms. The van der Waals surface area contributed by atoms with Gasteiger partial charge in [-0.15, -0.1) is 6.58 Å². The van der Waals surface area contributed by atoms with Gasteiger partial charge in [0.2, 0.25) is 27.7 Å². The number of hydrogen-bond acceptors (Lipinski definition) is 10. The largest absolute Gasteiger partial charge is 0.497 e. The van der Waals surface area contributed by atoms with E-state index in [0.717, 1.165) is 23.8 Å². The molecule has 0 spiro atoms. The molecule has 330 valence electrons. The molecular formula is C48H58N4O9S. The number of nitrogens with zero attached hydrogens (tertiary/aromatic N) is 3. The highest BCUT2D eigenvalue weighted by Crippen LogP contribution is 2.57. The molecule has 2 aliphatic carbocycles. The lowest BCUT2D eigenvalue weighted by atomic mass is 9.75. The van der Waals surface area contributed by atoms with Crippen LogP contribution in [-0.4, -0.2) is 103 Å². The Bertz CT molecular complexity index is 2430. The lowest BCUT2D eigenvalue weighted by Gasteiger charge is -2.36. The highest BCUT2D eigenvalue weighted by molar-refractivity contribution is 7.90. The van der Waals surface area contributed by atoms with Gasteiger partial charge in [-0.1, -0.05) is 57.2 Å². The van der Waals surface area contributed by atoms with Crippen LogP contribution in [0.3, 0.4) is 0 Å². The molecule has 9 atom stereocenters. The standard InChI is InChI=1S/C48H58N4O9S/c1-7-29-23-48(29,45(56)50-62(57,58)32-14-15-32)24-40(53)39-20-31(60-42-22-37(28-11-9-8-10-12-28)49-38-19-30(59-6)13-16-33(38)42)25-52(39)44(55)35(46(2,3)4)21-43(54)51-26-34-36(27-51)47(5)18-17-41(34)61-47/h7-13,16,19,22,29,31-32,34-36,39,41H,1,14-15,17-18,20-21,23-27H2,2-6H3,(H,50,56)/t29-,31-,34?,35-,36?,39+,41?,47?,48-/m1/s1. The van der Waals surface area contributed by atoms with Crippen molar-refractivity contribution in [3.63, 3.8) is 0 Å². The van der Waals surface area contributed by atoms with E-state index in [1.54, 1.807) is 18.1 Å². The van der Waals surface area contributed by atoms with Gasteiger partial charge < -0.3 is 24.0 Å². The van der Waals surface area contributed by atoms with E-state index >= 15 is 4.79 Å². The number of ether oxygens (including phenoxy) is 3. The number of carbonyl (C=O) groups is 4. The number of methoxy groups -OCH3 is 1. The Morgan fingerprint density at radius 2 is 1.81 bits per heavy atom. The van der Waals surface area contributed by atoms with E-state index in [0.29, 0.717) is 54.6 Å². The molecule has 2 aromatic carbocycles. The number of hydrogen-bond donors (Lipinski definition) is 1. The summed E-state index contributed by atoms with van der Waals surface area (Å²) in [6.45, 7) is 13.1. The third kappa shape index (κ3) is 7.69. The molecule has 2 saturated carbocycles. The molecule has 6 aliphatic rings. The van der Waals surface area contributed by atoms with Crippen LogP contribution < -0.4 is 14.2 Å². The number of pyridine rings is 1. The van der Waals surface area contributed by atoms with Gasteiger partial charge in [-0.2, -0.15) is 0 Å². The van der Waals surface area contributed by atoms with Crippen LogP contribution in [0.4, 0.5) is 0 Å². The van der Waals surface area contributed by atoms with E-state index in [4.69, 9.17) is 19.2 Å². The van der Waals surface area contributed by atoms with Crippen LogP contribution >= 0.6 is 0 Å². The zero-order valence-corrected chi connectivity index (χ0v) is 37.1. The molecule has 6 fully saturated rings. The molecular weight excluding hydrogens is 809 g/mol. The van der Waals surface area contributed by atoms with Crippen LogP contribution in [0.2, 0.25) is 0 Å². The predicted octanol–water partition coefficient (Wildman–Crippen LogP) is 6.10. The van der Waals surface area contributed by atoms with Gasteiger partial charge in [-0.05, 0) is 62.5 Å². The quantitative estimate of drug-likeness (QED) is 0.188. The fourth-order valence-corrected chi connectivity index (χ4v) is 12.3. The first-order valence-electron chi connectivity index (χ1n) is 22.1. The number of carbonyl (C=O) groups excluding carboxylic acids is 4. The Hall–Kier alpha value is -4.82. The van der Waals surface area contributed by atoms with E-state index in [9.17, 15) is 22.8 Å². The molecule has 14 heteroatoms. The highest BCUT2D eigenvalue weighted by Gasteiger charge is 2.62. The topological polar surface area (TPSA) is 162 Å². The lowest BCUT2D eigenvalue weighted by Crippen LogP contribution is -2.49. The summed E-state index contributed by atoms with van der Waals surface area (Å²) in [5.74, 6) is -0.957. The third-order valence-electron chi connectivity index (χ3n) is 14.9. The molecule has 1 aromatic heterocycles. The Kier molecular flexibility index (Phi) is 10.6. The van der Waals surface area contributed by atoms with Crippen molar-refractivity contribution in [1.82, 2.24) is 19.5 Å². The van der Waals surface area contributed by atoms with Crippen molar-refractivity contribution >= 4 is 44.4 Å². The first-order valence-corrected chi connectivity index (χ1v) is 23.7. The number of likely N-dealkylation sites (tertiary alicyclic amines) is 2. The molecule has 0 radical (unpaired) electrons. The summed E-state index contributed by atoms with van der Waals surface area (Å²) in [4.78, 5) is 66.4. The first kappa shape index (κ1) is 42.5. The minimum Gasteiger partial charge on any atom is -0.497 e. The Morgan fingerprint density at radius 3 is 2.47 bits per heavy atom. The second kappa shape index (κ2) is 15.5. The number of aromatic nitrogens is 1. The molecule has 4 aliphatic heterocycles. The minimum absolute atomic E-state index is 0.0197. The van der Waals surface area contributed by atoms with Crippen molar-refractivity contribution in [1.29, 1.82) is 0 Å². The Balaban J connectivity index is 1.02. The number of rotatable bonds is 14. The van der Waals surface area contributed by atoms with Gasteiger partial charge >= 0.3 is 0 Å². The molecule has 9 rings (SSSR count). The van der Waals surface area contributed by atoms with Crippen LogP contribution in [0.15, 0.2) is 67.3 Å². The van der Waals surface area contributed by atoms with E-state index in [-0.39, 0.29) is 67.4 Å². The normalized spacial score (nSPS) is 30.5. The zero-order chi connectivity index (χ0) is 43.9. The number of benzene rings is 2. The van der Waals surface area contributed by atoms with Gasteiger partial charge in [-0.25, -0.2) is 13.4 Å². The first-order chi connectivity index (χ1) is 29.4. The fourth-order valence-electron chi connectivity index (χ4n) is 10.9. The molecule has 1 N–H and O–H groups in total. The van der Waals surface area contributed by atoms with E-state index in [2.05, 4.69) is 18.2 Å².